The lowest BCUT2D eigenvalue weighted by atomic mass is 9.96. The second-order valence-electron chi connectivity index (χ2n) is 8.79. The zero-order chi connectivity index (χ0) is 24.8. The van der Waals surface area contributed by atoms with Crippen LogP contribution in [0.1, 0.15) is 38.6 Å². The summed E-state index contributed by atoms with van der Waals surface area (Å²) < 4.78 is 52.9. The van der Waals surface area contributed by atoms with Crippen LogP contribution in [0.4, 0.5) is 24.9 Å². The lowest BCUT2D eigenvalue weighted by Crippen LogP contribution is -2.45. The first-order valence-electron chi connectivity index (χ1n) is 11.0. The Labute approximate surface area is 203 Å². The number of nitrogens with zero attached hydrogens (tertiary/aromatic N) is 5. The largest absolute Gasteiger partial charge is 0.573 e. The highest BCUT2D eigenvalue weighted by Crippen LogP contribution is 2.46. The Morgan fingerprint density at radius 2 is 2.06 bits per heavy atom. The highest BCUT2D eigenvalue weighted by Gasteiger charge is 2.49. The third kappa shape index (κ3) is 4.98. The summed E-state index contributed by atoms with van der Waals surface area (Å²) in [7, 11) is 0. The van der Waals surface area contributed by atoms with Crippen LogP contribution in [0.2, 0.25) is 5.02 Å². The Balaban J connectivity index is 1.31. The summed E-state index contributed by atoms with van der Waals surface area (Å²) >= 11 is 5.81. The van der Waals surface area contributed by atoms with E-state index in [1.165, 1.54) is 25.0 Å². The van der Waals surface area contributed by atoms with Gasteiger partial charge in [0.2, 0.25) is 17.7 Å². The van der Waals surface area contributed by atoms with Gasteiger partial charge in [0, 0.05) is 11.8 Å². The maximum absolute atomic E-state index is 12.6. The van der Waals surface area contributed by atoms with E-state index in [2.05, 4.69) is 42.0 Å². The molecule has 0 radical (unpaired) electrons. The van der Waals surface area contributed by atoms with Crippen LogP contribution >= 0.6 is 11.6 Å². The van der Waals surface area contributed by atoms with Crippen LogP contribution in [0.5, 0.6) is 5.75 Å². The molecule has 1 aliphatic heterocycles. The zero-order valence-corrected chi connectivity index (χ0v) is 19.6. The van der Waals surface area contributed by atoms with Gasteiger partial charge in [-0.25, -0.2) is 4.98 Å². The molecule has 0 amide bonds. The fourth-order valence-corrected chi connectivity index (χ4v) is 4.29. The molecule has 186 valence electrons. The normalized spacial score (nSPS) is 21.3. The monoisotopic (exact) mass is 510 g/mol. The van der Waals surface area contributed by atoms with Gasteiger partial charge < -0.3 is 24.2 Å². The molecule has 5 rings (SSSR count). The molecule has 2 aliphatic rings. The number of anilines is 2. The SMILES string of the molecule is C[C@H](Nc1nccc(N2COC[C@]2(C)C2CC2)n1)c1nc(-c2ccc(Cl)c(OC(F)(F)F)c2)no1. The van der Waals surface area contributed by atoms with Gasteiger partial charge in [-0.15, -0.1) is 13.2 Å². The summed E-state index contributed by atoms with van der Waals surface area (Å²) in [5.41, 5.74) is 0.161. The number of hydrogen-bond donors (Lipinski definition) is 1. The van der Waals surface area contributed by atoms with Crippen molar-refractivity contribution in [3.8, 4) is 17.1 Å². The molecule has 35 heavy (non-hydrogen) atoms. The number of rotatable bonds is 7. The molecular weight excluding hydrogens is 489 g/mol. The van der Waals surface area contributed by atoms with Gasteiger partial charge in [-0.1, -0.05) is 16.8 Å². The fraction of sp³-hybridized carbons (Fsp3) is 0.455. The first-order valence-corrected chi connectivity index (χ1v) is 11.3. The number of nitrogens with one attached hydrogen (secondary N) is 1. The van der Waals surface area contributed by atoms with E-state index in [0.29, 0.717) is 25.2 Å². The van der Waals surface area contributed by atoms with E-state index < -0.39 is 18.2 Å². The number of hydrogen-bond acceptors (Lipinski definition) is 9. The Hall–Kier alpha value is -3.12. The molecule has 1 N–H and O–H groups in total. The molecule has 9 nitrogen and oxygen atoms in total. The smallest absolute Gasteiger partial charge is 0.404 e. The minimum Gasteiger partial charge on any atom is -0.404 e. The summed E-state index contributed by atoms with van der Waals surface area (Å²) in [6.45, 7) is 5.09. The van der Waals surface area contributed by atoms with E-state index in [1.807, 2.05) is 6.07 Å². The second kappa shape index (κ2) is 8.83. The standard InChI is InChI=1S/C22H22ClF3N6O3/c1-12(19-30-18(31-35-19)13-3-6-15(23)16(9-13)34-22(24,25)26)28-20-27-8-7-17(29-20)32-11-33-10-21(32,2)14-4-5-14/h3,6-9,12,14H,4-5,10-11H2,1-2H3,(H,27,28,29)/t12-,21+/m0/s1. The summed E-state index contributed by atoms with van der Waals surface area (Å²) in [5, 5.41) is 6.81. The van der Waals surface area contributed by atoms with Crippen molar-refractivity contribution in [2.45, 2.75) is 44.6 Å². The van der Waals surface area contributed by atoms with Crippen LogP contribution in [0.25, 0.3) is 11.4 Å². The highest BCUT2D eigenvalue weighted by molar-refractivity contribution is 6.32. The molecule has 2 fully saturated rings. The van der Waals surface area contributed by atoms with Gasteiger partial charge in [0.05, 0.1) is 17.2 Å². The van der Waals surface area contributed by atoms with Gasteiger partial charge in [0.15, 0.2) is 0 Å². The van der Waals surface area contributed by atoms with E-state index in [9.17, 15) is 13.2 Å². The van der Waals surface area contributed by atoms with Crippen molar-refractivity contribution in [1.82, 2.24) is 20.1 Å². The summed E-state index contributed by atoms with van der Waals surface area (Å²) in [5.74, 6) is 1.44. The average molecular weight is 511 g/mol. The van der Waals surface area contributed by atoms with Gasteiger partial charge in [0.25, 0.3) is 0 Å². The van der Waals surface area contributed by atoms with Crippen molar-refractivity contribution in [1.29, 1.82) is 0 Å². The van der Waals surface area contributed by atoms with Crippen molar-refractivity contribution in [3.05, 3.63) is 41.4 Å². The number of halogens is 4. The van der Waals surface area contributed by atoms with Gasteiger partial charge >= 0.3 is 6.36 Å². The number of alkyl halides is 3. The van der Waals surface area contributed by atoms with Crippen LogP contribution in [0, 0.1) is 5.92 Å². The van der Waals surface area contributed by atoms with Crippen molar-refractivity contribution in [3.63, 3.8) is 0 Å². The fourth-order valence-electron chi connectivity index (χ4n) is 4.14. The molecule has 1 aromatic carbocycles. The predicted molar refractivity (Wildman–Crippen MR) is 120 cm³/mol. The Kier molecular flexibility index (Phi) is 5.96. The number of aromatic nitrogens is 4. The number of benzene rings is 1. The van der Waals surface area contributed by atoms with Gasteiger partial charge in [0.1, 0.15) is 24.3 Å². The van der Waals surface area contributed by atoms with Crippen LogP contribution in [0.15, 0.2) is 35.0 Å². The molecule has 2 atom stereocenters. The molecule has 1 saturated heterocycles. The van der Waals surface area contributed by atoms with Gasteiger partial charge in [-0.3, -0.25) is 0 Å². The molecule has 1 saturated carbocycles. The summed E-state index contributed by atoms with van der Waals surface area (Å²) in [6.07, 6.45) is -0.853. The molecule has 3 aromatic rings. The van der Waals surface area contributed by atoms with Crippen LogP contribution in [-0.2, 0) is 4.74 Å². The lowest BCUT2D eigenvalue weighted by Gasteiger charge is -2.34. The van der Waals surface area contributed by atoms with E-state index in [1.54, 1.807) is 13.1 Å². The minimum absolute atomic E-state index is 0.0847. The molecule has 13 heteroatoms. The minimum atomic E-state index is -4.88. The van der Waals surface area contributed by atoms with Crippen LogP contribution < -0.4 is 15.0 Å². The molecule has 3 heterocycles. The average Bonchev–Trinajstić information content (AvgIpc) is 3.41. The van der Waals surface area contributed by atoms with Gasteiger partial charge in [-0.05, 0) is 56.9 Å². The highest BCUT2D eigenvalue weighted by atomic mass is 35.5. The Morgan fingerprint density at radius 1 is 1.26 bits per heavy atom. The van der Waals surface area contributed by atoms with Crippen molar-refractivity contribution in [2.24, 2.45) is 5.92 Å². The van der Waals surface area contributed by atoms with Crippen molar-refractivity contribution in [2.75, 3.05) is 23.6 Å². The van der Waals surface area contributed by atoms with Gasteiger partial charge in [-0.2, -0.15) is 9.97 Å². The van der Waals surface area contributed by atoms with Crippen molar-refractivity contribution >= 4 is 23.4 Å². The summed E-state index contributed by atoms with van der Waals surface area (Å²) in [6, 6.07) is 5.21. The maximum Gasteiger partial charge on any atom is 0.573 e. The molecule has 1 aliphatic carbocycles. The molecule has 0 unspecified atom stereocenters. The van der Waals surface area contributed by atoms with E-state index in [0.717, 1.165) is 11.9 Å². The van der Waals surface area contributed by atoms with Crippen LogP contribution in [-0.4, -0.2) is 45.3 Å². The second-order valence-corrected chi connectivity index (χ2v) is 9.20. The first-order chi connectivity index (χ1) is 16.6. The van der Waals surface area contributed by atoms with E-state index in [4.69, 9.17) is 20.9 Å². The topological polar surface area (TPSA) is 98.4 Å². The summed E-state index contributed by atoms with van der Waals surface area (Å²) in [4.78, 5) is 15.4. The lowest BCUT2D eigenvalue weighted by molar-refractivity contribution is -0.274. The maximum atomic E-state index is 12.6. The third-order valence-corrected chi connectivity index (χ3v) is 6.49. The zero-order valence-electron chi connectivity index (χ0n) is 18.8. The Morgan fingerprint density at radius 3 is 2.80 bits per heavy atom. The van der Waals surface area contributed by atoms with E-state index in [-0.39, 0.29) is 27.8 Å². The molecular formula is C22H22ClF3N6O3. The number of ether oxygens (including phenoxy) is 2. The van der Waals surface area contributed by atoms with Crippen LogP contribution in [0.3, 0.4) is 0 Å². The predicted octanol–water partition coefficient (Wildman–Crippen LogP) is 5.21. The molecule has 0 spiro atoms. The van der Waals surface area contributed by atoms with Crippen molar-refractivity contribution < 1.29 is 27.2 Å². The Bertz CT molecular complexity index is 1220. The molecule has 2 aromatic heterocycles. The quantitative estimate of drug-likeness (QED) is 0.459. The van der Waals surface area contributed by atoms with E-state index >= 15 is 0 Å². The molecule has 0 bridgehead atoms. The first kappa shape index (κ1) is 23.6. The third-order valence-electron chi connectivity index (χ3n) is 6.18.